The molecule has 0 atom stereocenters. The topological polar surface area (TPSA) is 36.4 Å². The lowest BCUT2D eigenvalue weighted by Gasteiger charge is -2.31. The molecule has 1 saturated heterocycles. The number of anilines is 1. The lowest BCUT2D eigenvalue weighted by atomic mass is 10.0. The minimum atomic E-state index is 0.0453. The maximum atomic E-state index is 13.5. The van der Waals surface area contributed by atoms with Crippen LogP contribution in [0.15, 0.2) is 54.6 Å². The number of hydrogen-bond donors (Lipinski definition) is 0. The van der Waals surface area contributed by atoms with E-state index in [0.29, 0.717) is 6.54 Å². The van der Waals surface area contributed by atoms with Crippen LogP contribution >= 0.6 is 0 Å². The first-order valence-corrected chi connectivity index (χ1v) is 11.0. The van der Waals surface area contributed by atoms with Gasteiger partial charge in [0.05, 0.1) is 11.1 Å². The minimum Gasteiger partial charge on any atom is -0.371 e. The monoisotopic (exact) mass is 401 g/mol. The molecule has 30 heavy (non-hydrogen) atoms. The lowest BCUT2D eigenvalue weighted by molar-refractivity contribution is 0.0787. The molecule has 1 aromatic heterocycles. The van der Waals surface area contributed by atoms with Crippen LogP contribution in [-0.2, 0) is 6.54 Å². The normalized spacial score (nSPS) is 14.3. The van der Waals surface area contributed by atoms with Gasteiger partial charge >= 0.3 is 0 Å². The zero-order valence-corrected chi connectivity index (χ0v) is 18.3. The molecule has 0 aliphatic carbocycles. The Bertz CT molecular complexity index is 1040. The molecule has 2 aromatic carbocycles. The number of pyridine rings is 1. The summed E-state index contributed by atoms with van der Waals surface area (Å²) < 4.78 is 0. The van der Waals surface area contributed by atoms with Gasteiger partial charge in [0.15, 0.2) is 0 Å². The van der Waals surface area contributed by atoms with Gasteiger partial charge in [-0.25, -0.2) is 0 Å². The molecular formula is C26H31N3O. The molecule has 3 aromatic rings. The van der Waals surface area contributed by atoms with Crippen molar-refractivity contribution < 1.29 is 4.79 Å². The van der Waals surface area contributed by atoms with Gasteiger partial charge in [0.1, 0.15) is 0 Å². The van der Waals surface area contributed by atoms with Crippen LogP contribution in [0, 0.1) is 0 Å². The zero-order valence-electron chi connectivity index (χ0n) is 18.3. The molecule has 4 heteroatoms. The molecule has 0 radical (unpaired) electrons. The summed E-state index contributed by atoms with van der Waals surface area (Å²) in [4.78, 5) is 22.6. The van der Waals surface area contributed by atoms with Crippen LogP contribution in [-0.4, -0.2) is 35.9 Å². The van der Waals surface area contributed by atoms with Gasteiger partial charge in [0, 0.05) is 43.4 Å². The summed E-state index contributed by atoms with van der Waals surface area (Å²) in [6.07, 6.45) is 3.79. The Morgan fingerprint density at radius 1 is 1.03 bits per heavy atom. The van der Waals surface area contributed by atoms with E-state index < -0.39 is 0 Å². The van der Waals surface area contributed by atoms with Crippen LogP contribution in [0.3, 0.4) is 0 Å². The fourth-order valence-corrected chi connectivity index (χ4v) is 4.29. The summed E-state index contributed by atoms with van der Waals surface area (Å²) in [6, 6.07) is 18.4. The summed E-state index contributed by atoms with van der Waals surface area (Å²) >= 11 is 0. The lowest BCUT2D eigenvalue weighted by Crippen LogP contribution is -2.32. The summed E-state index contributed by atoms with van der Waals surface area (Å²) in [5.74, 6) is 0.315. The molecule has 0 saturated carbocycles. The van der Waals surface area contributed by atoms with Crippen LogP contribution in [0.25, 0.3) is 10.9 Å². The standard InChI is InChI=1S/C26H31N3O/c1-19(2)24-17-22(21-12-6-7-13-23(21)27-24)26(30)28(3)18-20-11-5-8-14-25(20)29-15-9-4-10-16-29/h5-8,11-14,17,19H,4,9-10,15-16,18H2,1-3H3. The van der Waals surface area contributed by atoms with Crippen molar-refractivity contribution >= 4 is 22.5 Å². The van der Waals surface area contributed by atoms with E-state index >= 15 is 0 Å². The first-order valence-electron chi connectivity index (χ1n) is 11.0. The van der Waals surface area contributed by atoms with Crippen LogP contribution in [0.2, 0.25) is 0 Å². The second kappa shape index (κ2) is 8.86. The smallest absolute Gasteiger partial charge is 0.254 e. The third kappa shape index (κ3) is 4.18. The van der Waals surface area contributed by atoms with E-state index in [1.54, 1.807) is 0 Å². The van der Waals surface area contributed by atoms with Crippen LogP contribution in [0.1, 0.15) is 60.6 Å². The number of hydrogen-bond acceptors (Lipinski definition) is 3. The summed E-state index contributed by atoms with van der Waals surface area (Å²) in [7, 11) is 1.90. The van der Waals surface area contributed by atoms with E-state index in [2.05, 4.69) is 43.0 Å². The maximum Gasteiger partial charge on any atom is 0.254 e. The van der Waals surface area contributed by atoms with Crippen molar-refractivity contribution in [3.63, 3.8) is 0 Å². The Morgan fingerprint density at radius 2 is 1.73 bits per heavy atom. The van der Waals surface area contributed by atoms with Crippen molar-refractivity contribution in [3.05, 3.63) is 71.4 Å². The Hall–Kier alpha value is -2.88. The molecule has 2 heterocycles. The zero-order chi connectivity index (χ0) is 21.1. The molecule has 4 rings (SSSR count). The first kappa shape index (κ1) is 20.4. The summed E-state index contributed by atoms with van der Waals surface area (Å²) in [5, 5.41) is 0.920. The Labute approximate surface area is 179 Å². The van der Waals surface area contributed by atoms with Crippen molar-refractivity contribution in [2.75, 3.05) is 25.0 Å². The molecule has 0 unspecified atom stereocenters. The van der Waals surface area contributed by atoms with Gasteiger partial charge in [0.25, 0.3) is 5.91 Å². The van der Waals surface area contributed by atoms with Gasteiger partial charge < -0.3 is 9.80 Å². The molecule has 156 valence electrons. The van der Waals surface area contributed by atoms with Crippen LogP contribution in [0.5, 0.6) is 0 Å². The molecule has 4 nitrogen and oxygen atoms in total. The predicted octanol–water partition coefficient (Wildman–Crippen LogP) is 5.62. The number of piperidine rings is 1. The maximum absolute atomic E-state index is 13.5. The quantitative estimate of drug-likeness (QED) is 0.557. The third-order valence-electron chi connectivity index (χ3n) is 6.00. The Kier molecular flexibility index (Phi) is 6.03. The highest BCUT2D eigenvalue weighted by atomic mass is 16.2. The van der Waals surface area contributed by atoms with Crippen molar-refractivity contribution in [1.29, 1.82) is 0 Å². The number of carbonyl (C=O) groups is 1. The average Bonchev–Trinajstić information content (AvgIpc) is 2.78. The van der Waals surface area contributed by atoms with Crippen molar-refractivity contribution in [3.8, 4) is 0 Å². The van der Waals surface area contributed by atoms with Crippen LogP contribution in [0.4, 0.5) is 5.69 Å². The fraction of sp³-hybridized carbons (Fsp3) is 0.385. The van der Waals surface area contributed by atoms with Gasteiger partial charge in [-0.3, -0.25) is 9.78 Å². The number of fused-ring (bicyclic) bond motifs is 1. The number of para-hydroxylation sites is 2. The number of carbonyl (C=O) groups excluding carboxylic acids is 1. The second-order valence-electron chi connectivity index (χ2n) is 8.60. The van der Waals surface area contributed by atoms with E-state index in [-0.39, 0.29) is 11.8 Å². The van der Waals surface area contributed by atoms with Crippen molar-refractivity contribution in [1.82, 2.24) is 9.88 Å². The van der Waals surface area contributed by atoms with Gasteiger partial charge in [-0.1, -0.05) is 50.2 Å². The highest BCUT2D eigenvalue weighted by molar-refractivity contribution is 6.06. The molecule has 0 spiro atoms. The van der Waals surface area contributed by atoms with E-state index in [4.69, 9.17) is 4.98 Å². The molecule has 1 amide bonds. The Morgan fingerprint density at radius 3 is 2.50 bits per heavy atom. The average molecular weight is 402 g/mol. The molecular weight excluding hydrogens is 370 g/mol. The number of rotatable bonds is 5. The van der Waals surface area contributed by atoms with E-state index in [1.807, 2.05) is 42.3 Å². The molecule has 0 bridgehead atoms. The number of benzene rings is 2. The predicted molar refractivity (Wildman–Crippen MR) is 124 cm³/mol. The SMILES string of the molecule is CC(C)c1cc(C(=O)N(C)Cc2ccccc2N2CCCCC2)c2ccccc2n1. The third-order valence-corrected chi connectivity index (χ3v) is 6.00. The molecule has 0 N–H and O–H groups in total. The Balaban J connectivity index is 1.64. The molecule has 1 aliphatic rings. The summed E-state index contributed by atoms with van der Waals surface area (Å²) in [6.45, 7) is 7.02. The van der Waals surface area contributed by atoms with E-state index in [9.17, 15) is 4.79 Å². The highest BCUT2D eigenvalue weighted by Crippen LogP contribution is 2.27. The van der Waals surface area contributed by atoms with Gasteiger partial charge in [-0.05, 0) is 48.9 Å². The molecule has 1 aliphatic heterocycles. The van der Waals surface area contributed by atoms with Gasteiger partial charge in [0.2, 0.25) is 0 Å². The second-order valence-corrected chi connectivity index (χ2v) is 8.60. The number of aromatic nitrogens is 1. The van der Waals surface area contributed by atoms with Crippen LogP contribution < -0.4 is 4.90 Å². The minimum absolute atomic E-state index is 0.0453. The highest BCUT2D eigenvalue weighted by Gasteiger charge is 2.20. The first-order chi connectivity index (χ1) is 14.5. The van der Waals surface area contributed by atoms with Crippen molar-refractivity contribution in [2.24, 2.45) is 0 Å². The van der Waals surface area contributed by atoms with E-state index in [0.717, 1.165) is 35.2 Å². The fourth-order valence-electron chi connectivity index (χ4n) is 4.29. The number of amides is 1. The van der Waals surface area contributed by atoms with Crippen molar-refractivity contribution in [2.45, 2.75) is 45.6 Å². The largest absolute Gasteiger partial charge is 0.371 e. The van der Waals surface area contributed by atoms with Gasteiger partial charge in [-0.2, -0.15) is 0 Å². The summed E-state index contributed by atoms with van der Waals surface area (Å²) in [5.41, 5.74) is 5.05. The van der Waals surface area contributed by atoms with Gasteiger partial charge in [-0.15, -0.1) is 0 Å². The number of nitrogens with zero attached hydrogens (tertiary/aromatic N) is 3. The van der Waals surface area contributed by atoms with E-state index in [1.165, 1.54) is 30.5 Å². The molecule has 1 fully saturated rings.